The standard InChI is InChI=1S/C11H18O5/c1-4-5-14-11-6-9(13-3)10(7-15-11)16-8(2)12/h7,9,11H,4-6H2,1-3H3. The molecule has 1 aliphatic heterocycles. The Labute approximate surface area is 95.3 Å². The van der Waals surface area contributed by atoms with Crippen LogP contribution in [0.15, 0.2) is 12.0 Å². The van der Waals surface area contributed by atoms with Crippen molar-refractivity contribution in [2.75, 3.05) is 13.7 Å². The van der Waals surface area contributed by atoms with Gasteiger partial charge in [0.1, 0.15) is 12.4 Å². The van der Waals surface area contributed by atoms with Gasteiger partial charge in [0.15, 0.2) is 5.76 Å². The van der Waals surface area contributed by atoms with Crippen molar-refractivity contribution < 1.29 is 23.7 Å². The second kappa shape index (κ2) is 6.50. The molecule has 0 aromatic heterocycles. The van der Waals surface area contributed by atoms with E-state index in [9.17, 15) is 4.79 Å². The van der Waals surface area contributed by atoms with Gasteiger partial charge < -0.3 is 18.9 Å². The number of hydrogen-bond acceptors (Lipinski definition) is 5. The third kappa shape index (κ3) is 3.83. The molecule has 1 heterocycles. The Morgan fingerprint density at radius 3 is 2.94 bits per heavy atom. The van der Waals surface area contributed by atoms with E-state index in [1.165, 1.54) is 13.2 Å². The van der Waals surface area contributed by atoms with E-state index < -0.39 is 0 Å². The first kappa shape index (κ1) is 13.0. The van der Waals surface area contributed by atoms with Gasteiger partial charge in [-0.2, -0.15) is 0 Å². The molecule has 0 aromatic carbocycles. The summed E-state index contributed by atoms with van der Waals surface area (Å²) < 4.78 is 20.9. The lowest BCUT2D eigenvalue weighted by Crippen LogP contribution is -2.31. The monoisotopic (exact) mass is 230 g/mol. The van der Waals surface area contributed by atoms with Crippen molar-refractivity contribution in [3.63, 3.8) is 0 Å². The lowest BCUT2D eigenvalue weighted by atomic mass is 10.2. The summed E-state index contributed by atoms with van der Waals surface area (Å²) in [5, 5.41) is 0. The van der Waals surface area contributed by atoms with Crippen molar-refractivity contribution in [1.82, 2.24) is 0 Å². The highest BCUT2D eigenvalue weighted by molar-refractivity contribution is 5.67. The van der Waals surface area contributed by atoms with Crippen LogP contribution in [0.4, 0.5) is 0 Å². The summed E-state index contributed by atoms with van der Waals surface area (Å²) in [4.78, 5) is 10.8. The van der Waals surface area contributed by atoms with Gasteiger partial charge in [0.25, 0.3) is 0 Å². The minimum atomic E-state index is -0.384. The van der Waals surface area contributed by atoms with Crippen LogP contribution in [0.1, 0.15) is 26.7 Å². The van der Waals surface area contributed by atoms with Crippen molar-refractivity contribution in [1.29, 1.82) is 0 Å². The third-order valence-electron chi connectivity index (χ3n) is 2.11. The molecule has 1 rings (SSSR count). The average Bonchev–Trinajstić information content (AvgIpc) is 2.27. The van der Waals surface area contributed by atoms with Gasteiger partial charge in [-0.25, -0.2) is 0 Å². The van der Waals surface area contributed by atoms with E-state index in [0.29, 0.717) is 18.8 Å². The molecule has 5 nitrogen and oxygen atoms in total. The summed E-state index contributed by atoms with van der Waals surface area (Å²) >= 11 is 0. The predicted molar refractivity (Wildman–Crippen MR) is 56.4 cm³/mol. The second-order valence-corrected chi connectivity index (χ2v) is 3.51. The van der Waals surface area contributed by atoms with E-state index in [-0.39, 0.29) is 18.4 Å². The van der Waals surface area contributed by atoms with Crippen LogP contribution in [0, 0.1) is 0 Å². The van der Waals surface area contributed by atoms with E-state index in [4.69, 9.17) is 18.9 Å². The van der Waals surface area contributed by atoms with Gasteiger partial charge in [0.2, 0.25) is 6.29 Å². The van der Waals surface area contributed by atoms with Crippen LogP contribution in [0.2, 0.25) is 0 Å². The molecule has 0 bridgehead atoms. The molecule has 1 aliphatic rings. The Morgan fingerprint density at radius 1 is 1.62 bits per heavy atom. The summed E-state index contributed by atoms with van der Waals surface area (Å²) in [5.41, 5.74) is 0. The average molecular weight is 230 g/mol. The first-order chi connectivity index (χ1) is 7.67. The number of hydrogen-bond donors (Lipinski definition) is 0. The summed E-state index contributed by atoms with van der Waals surface area (Å²) in [5.74, 6) is 0.0103. The number of rotatable bonds is 5. The van der Waals surface area contributed by atoms with Crippen molar-refractivity contribution in [3.8, 4) is 0 Å². The van der Waals surface area contributed by atoms with Gasteiger partial charge in [-0.05, 0) is 6.42 Å². The van der Waals surface area contributed by atoms with Gasteiger partial charge in [-0.3, -0.25) is 4.79 Å². The first-order valence-electron chi connectivity index (χ1n) is 5.35. The highest BCUT2D eigenvalue weighted by Crippen LogP contribution is 2.22. The highest BCUT2D eigenvalue weighted by Gasteiger charge is 2.28. The van der Waals surface area contributed by atoms with E-state index in [1.807, 2.05) is 6.92 Å². The number of esters is 1. The number of methoxy groups -OCH3 is 1. The van der Waals surface area contributed by atoms with Crippen LogP contribution in [0.5, 0.6) is 0 Å². The summed E-state index contributed by atoms with van der Waals surface area (Å²) in [6.07, 6.45) is 2.22. The lowest BCUT2D eigenvalue weighted by molar-refractivity contribution is -0.157. The van der Waals surface area contributed by atoms with E-state index >= 15 is 0 Å². The molecule has 0 saturated carbocycles. The smallest absolute Gasteiger partial charge is 0.307 e. The molecule has 0 amide bonds. The maximum atomic E-state index is 10.8. The number of carbonyl (C=O) groups excluding carboxylic acids is 1. The summed E-state index contributed by atoms with van der Waals surface area (Å²) in [7, 11) is 1.56. The molecule has 92 valence electrons. The van der Waals surface area contributed by atoms with Crippen LogP contribution in [0.25, 0.3) is 0 Å². The molecule has 5 heteroatoms. The molecule has 0 fully saturated rings. The zero-order chi connectivity index (χ0) is 12.0. The molecule has 0 aliphatic carbocycles. The Morgan fingerprint density at radius 2 is 2.38 bits per heavy atom. The van der Waals surface area contributed by atoms with Gasteiger partial charge in [0, 0.05) is 20.5 Å². The Balaban J connectivity index is 2.53. The Hall–Kier alpha value is -1.07. The molecule has 0 aromatic rings. The van der Waals surface area contributed by atoms with Crippen molar-refractivity contribution in [2.45, 2.75) is 39.1 Å². The summed E-state index contributed by atoms with van der Waals surface area (Å²) in [6.45, 7) is 4.00. The van der Waals surface area contributed by atoms with Crippen molar-refractivity contribution >= 4 is 5.97 Å². The molecule has 2 atom stereocenters. The molecule has 2 unspecified atom stereocenters. The quantitative estimate of drug-likeness (QED) is 0.671. The minimum Gasteiger partial charge on any atom is -0.469 e. The van der Waals surface area contributed by atoms with E-state index in [0.717, 1.165) is 6.42 Å². The van der Waals surface area contributed by atoms with Gasteiger partial charge in [-0.1, -0.05) is 6.92 Å². The maximum absolute atomic E-state index is 10.8. The topological polar surface area (TPSA) is 54.0 Å². The molecule has 0 N–H and O–H groups in total. The van der Waals surface area contributed by atoms with E-state index in [1.54, 1.807) is 7.11 Å². The van der Waals surface area contributed by atoms with Crippen LogP contribution in [-0.4, -0.2) is 32.1 Å². The molecular formula is C11H18O5. The maximum Gasteiger partial charge on any atom is 0.307 e. The molecule has 0 saturated heterocycles. The van der Waals surface area contributed by atoms with Gasteiger partial charge in [-0.15, -0.1) is 0 Å². The fourth-order valence-electron chi connectivity index (χ4n) is 1.39. The summed E-state index contributed by atoms with van der Waals surface area (Å²) in [6, 6.07) is 0. The fourth-order valence-corrected chi connectivity index (χ4v) is 1.39. The van der Waals surface area contributed by atoms with Crippen LogP contribution in [-0.2, 0) is 23.7 Å². The van der Waals surface area contributed by atoms with Gasteiger partial charge >= 0.3 is 5.97 Å². The Kier molecular flexibility index (Phi) is 5.28. The molecular weight excluding hydrogens is 212 g/mol. The minimum absolute atomic E-state index is 0.292. The Bertz CT molecular complexity index is 261. The van der Waals surface area contributed by atoms with Crippen LogP contribution in [0.3, 0.4) is 0 Å². The highest BCUT2D eigenvalue weighted by atomic mass is 16.7. The molecule has 16 heavy (non-hydrogen) atoms. The first-order valence-corrected chi connectivity index (χ1v) is 5.35. The SMILES string of the molecule is CCCOC1CC(OC)C(OC(C)=O)=CO1. The molecule has 0 radical (unpaired) electrons. The third-order valence-corrected chi connectivity index (χ3v) is 2.11. The largest absolute Gasteiger partial charge is 0.469 e. The zero-order valence-electron chi connectivity index (χ0n) is 9.89. The van der Waals surface area contributed by atoms with Crippen LogP contribution >= 0.6 is 0 Å². The molecule has 0 spiro atoms. The zero-order valence-corrected chi connectivity index (χ0v) is 9.89. The van der Waals surface area contributed by atoms with Crippen molar-refractivity contribution in [3.05, 3.63) is 12.0 Å². The van der Waals surface area contributed by atoms with Crippen LogP contribution < -0.4 is 0 Å². The lowest BCUT2D eigenvalue weighted by Gasteiger charge is -2.28. The predicted octanol–water partition coefficient (Wildman–Crippen LogP) is 1.58. The normalized spacial score (nSPS) is 24.6. The number of ether oxygens (including phenoxy) is 4. The van der Waals surface area contributed by atoms with E-state index in [2.05, 4.69) is 0 Å². The fraction of sp³-hybridized carbons (Fsp3) is 0.727. The van der Waals surface area contributed by atoms with Gasteiger partial charge in [0.05, 0.1) is 6.61 Å². The second-order valence-electron chi connectivity index (χ2n) is 3.51. The number of carbonyl (C=O) groups is 1. The van der Waals surface area contributed by atoms with Crippen molar-refractivity contribution in [2.24, 2.45) is 0 Å².